The predicted octanol–water partition coefficient (Wildman–Crippen LogP) is 3.69. The topological polar surface area (TPSA) is 23.5 Å². The molecule has 118 valence electrons. The summed E-state index contributed by atoms with van der Waals surface area (Å²) in [6.45, 7) is 8.43. The molecule has 0 saturated carbocycles. The van der Waals surface area contributed by atoms with Crippen molar-refractivity contribution in [2.75, 3.05) is 13.1 Å². The van der Waals surface area contributed by atoms with Gasteiger partial charge in [0.15, 0.2) is 0 Å². The fraction of sp³-hybridized carbons (Fsp3) is 0.474. The van der Waals surface area contributed by atoms with Gasteiger partial charge in [-0.25, -0.2) is 0 Å². The summed E-state index contributed by atoms with van der Waals surface area (Å²) in [5.74, 6) is 1.72. The summed E-state index contributed by atoms with van der Waals surface area (Å²) in [5.41, 5.74) is 2.79. The first-order chi connectivity index (χ1) is 10.1. The maximum atomic E-state index is 9.91. The van der Waals surface area contributed by atoms with Crippen LogP contribution < -0.4 is 0 Å². The van der Waals surface area contributed by atoms with Gasteiger partial charge in [-0.2, -0.15) is 0 Å². The normalized spacial score (nSPS) is 35.4. The van der Waals surface area contributed by atoms with Crippen molar-refractivity contribution in [1.82, 2.24) is 4.90 Å². The van der Waals surface area contributed by atoms with Crippen molar-refractivity contribution in [1.29, 1.82) is 0 Å². The second kappa shape index (κ2) is 5.43. The van der Waals surface area contributed by atoms with E-state index in [-0.39, 0.29) is 17.8 Å². The van der Waals surface area contributed by atoms with E-state index in [9.17, 15) is 5.11 Å². The molecule has 3 heteroatoms. The monoisotopic (exact) mass is 317 g/mol. The number of phenolic OH excluding ortho intramolecular Hbond substituents is 1. The van der Waals surface area contributed by atoms with Crippen LogP contribution in [0.4, 0.5) is 0 Å². The number of benzene rings is 1. The summed E-state index contributed by atoms with van der Waals surface area (Å²) in [5, 5.41) is 9.91. The average Bonchev–Trinajstić information content (AvgIpc) is 2.48. The largest absolute Gasteiger partial charge is 0.508 e. The number of aromatic hydroxyl groups is 1. The number of likely N-dealkylation sites (tertiary alicyclic amines) is 1. The molecule has 2 aliphatic carbocycles. The quantitative estimate of drug-likeness (QED) is 0.841. The van der Waals surface area contributed by atoms with Crippen molar-refractivity contribution in [3.8, 4) is 5.75 Å². The fourth-order valence-electron chi connectivity index (χ4n) is 4.90. The molecule has 1 aliphatic heterocycles. The number of rotatable bonds is 2. The van der Waals surface area contributed by atoms with Gasteiger partial charge in [0.05, 0.1) is 0 Å². The van der Waals surface area contributed by atoms with Crippen molar-refractivity contribution in [2.24, 2.45) is 11.8 Å². The van der Waals surface area contributed by atoms with E-state index in [2.05, 4.69) is 36.6 Å². The smallest absolute Gasteiger partial charge is 0.115 e. The third kappa shape index (κ3) is 2.12. The van der Waals surface area contributed by atoms with Gasteiger partial charge in [-0.15, -0.1) is 19.0 Å². The van der Waals surface area contributed by atoms with Crippen LogP contribution in [0.5, 0.6) is 5.75 Å². The van der Waals surface area contributed by atoms with Gasteiger partial charge in [0.1, 0.15) is 5.75 Å². The van der Waals surface area contributed by atoms with Gasteiger partial charge in [0, 0.05) is 24.5 Å². The Bertz CT molecular complexity index is 626. The zero-order chi connectivity index (χ0) is 14.6. The lowest BCUT2D eigenvalue weighted by Gasteiger charge is -2.56. The Morgan fingerprint density at radius 3 is 3.05 bits per heavy atom. The predicted molar refractivity (Wildman–Crippen MR) is 92.7 cm³/mol. The van der Waals surface area contributed by atoms with Gasteiger partial charge in [-0.1, -0.05) is 31.2 Å². The molecule has 0 spiro atoms. The van der Waals surface area contributed by atoms with E-state index in [0.29, 0.717) is 23.6 Å². The molecule has 0 amide bonds. The highest BCUT2D eigenvalue weighted by Gasteiger charge is 2.50. The number of nitrogens with zero attached hydrogens (tertiary/aromatic N) is 1. The van der Waals surface area contributed by atoms with Crippen molar-refractivity contribution in [3.05, 3.63) is 54.1 Å². The molecular formula is C19H24ClNO. The molecule has 2 bridgehead atoms. The van der Waals surface area contributed by atoms with Crippen LogP contribution in [0.3, 0.4) is 0 Å². The molecule has 0 aromatic heterocycles. The Hall–Kier alpha value is -1.25. The Morgan fingerprint density at radius 1 is 1.45 bits per heavy atom. The molecule has 0 radical (unpaired) electrons. The van der Waals surface area contributed by atoms with E-state index in [1.165, 1.54) is 17.5 Å². The molecule has 4 atom stereocenters. The molecule has 1 heterocycles. The molecule has 1 aromatic rings. The van der Waals surface area contributed by atoms with Gasteiger partial charge in [0.2, 0.25) is 0 Å². The molecule has 4 rings (SSSR count). The van der Waals surface area contributed by atoms with E-state index in [1.807, 2.05) is 18.2 Å². The van der Waals surface area contributed by atoms with Gasteiger partial charge in [-0.05, 0) is 47.9 Å². The number of hydrogen-bond donors (Lipinski definition) is 1. The lowest BCUT2D eigenvalue weighted by atomic mass is 9.55. The summed E-state index contributed by atoms with van der Waals surface area (Å²) >= 11 is 0. The average molecular weight is 318 g/mol. The van der Waals surface area contributed by atoms with Crippen LogP contribution in [0.2, 0.25) is 0 Å². The summed E-state index contributed by atoms with van der Waals surface area (Å²) in [4.78, 5) is 2.61. The van der Waals surface area contributed by atoms with Gasteiger partial charge in [0.25, 0.3) is 0 Å². The zero-order valence-corrected chi connectivity index (χ0v) is 13.9. The van der Waals surface area contributed by atoms with E-state index < -0.39 is 0 Å². The highest BCUT2D eigenvalue weighted by Crippen LogP contribution is 2.52. The third-order valence-corrected chi connectivity index (χ3v) is 5.91. The van der Waals surface area contributed by atoms with Gasteiger partial charge >= 0.3 is 0 Å². The highest BCUT2D eigenvalue weighted by atomic mass is 35.5. The lowest BCUT2D eigenvalue weighted by molar-refractivity contribution is 0.0325. The molecule has 1 fully saturated rings. The standard InChI is InChI=1S/C19H23NO.ClH/c1-3-8-20-12-13-6-7-19(2)16-11-15(21)5-4-14(16)10-18(20)17(19)9-13;/h3-7,11,13,17-18,21H,1,8-10,12H2,2H3;1H/t13?,17?,18?,19-;/m1./s1. The summed E-state index contributed by atoms with van der Waals surface area (Å²) < 4.78 is 0. The molecule has 1 N–H and O–H groups in total. The maximum Gasteiger partial charge on any atom is 0.115 e. The van der Waals surface area contributed by atoms with Crippen LogP contribution in [0, 0.1) is 11.8 Å². The second-order valence-corrected chi connectivity index (χ2v) is 7.10. The molecule has 3 aliphatic rings. The molecule has 22 heavy (non-hydrogen) atoms. The Labute approximate surface area is 138 Å². The van der Waals surface area contributed by atoms with E-state index in [1.54, 1.807) is 0 Å². The van der Waals surface area contributed by atoms with Crippen LogP contribution in [0.1, 0.15) is 24.5 Å². The lowest BCUT2D eigenvalue weighted by Crippen LogP contribution is -2.59. The third-order valence-electron chi connectivity index (χ3n) is 5.91. The molecule has 1 saturated heterocycles. The van der Waals surface area contributed by atoms with Crippen molar-refractivity contribution in [2.45, 2.75) is 31.2 Å². The molecular weight excluding hydrogens is 294 g/mol. The molecule has 3 unspecified atom stereocenters. The summed E-state index contributed by atoms with van der Waals surface area (Å²) in [6.07, 6.45) is 9.24. The molecule has 1 aromatic carbocycles. The first kappa shape index (κ1) is 15.6. The number of hydrogen-bond acceptors (Lipinski definition) is 2. The minimum atomic E-state index is 0. The zero-order valence-electron chi connectivity index (χ0n) is 13.0. The number of halogens is 1. The Kier molecular flexibility index (Phi) is 3.86. The van der Waals surface area contributed by atoms with E-state index >= 15 is 0 Å². The van der Waals surface area contributed by atoms with Gasteiger partial charge in [-0.3, -0.25) is 4.90 Å². The number of fused-ring (bicyclic) bond motifs is 3. The number of piperidine rings is 1. The van der Waals surface area contributed by atoms with E-state index in [0.717, 1.165) is 19.5 Å². The van der Waals surface area contributed by atoms with Gasteiger partial charge < -0.3 is 5.11 Å². The number of allylic oxidation sites excluding steroid dienone is 1. The first-order valence-electron chi connectivity index (χ1n) is 7.98. The first-order valence-corrected chi connectivity index (χ1v) is 7.98. The van der Waals surface area contributed by atoms with Crippen molar-refractivity contribution < 1.29 is 5.11 Å². The fourth-order valence-corrected chi connectivity index (χ4v) is 4.90. The van der Waals surface area contributed by atoms with Crippen LogP contribution in [-0.2, 0) is 11.8 Å². The SMILES string of the molecule is C=CCN1CC2C=C[C@]3(C)c4cc(O)ccc4CC1C3C2.Cl. The van der Waals surface area contributed by atoms with Crippen LogP contribution in [0.15, 0.2) is 43.0 Å². The minimum Gasteiger partial charge on any atom is -0.508 e. The highest BCUT2D eigenvalue weighted by molar-refractivity contribution is 5.85. The van der Waals surface area contributed by atoms with Crippen molar-refractivity contribution >= 4 is 12.4 Å². The van der Waals surface area contributed by atoms with Crippen LogP contribution in [0.25, 0.3) is 0 Å². The summed E-state index contributed by atoms with van der Waals surface area (Å²) in [7, 11) is 0. The maximum absolute atomic E-state index is 9.91. The van der Waals surface area contributed by atoms with Crippen LogP contribution in [-0.4, -0.2) is 29.1 Å². The molecule has 2 nitrogen and oxygen atoms in total. The second-order valence-electron chi connectivity index (χ2n) is 7.10. The number of phenols is 1. The minimum absolute atomic E-state index is 0. The Morgan fingerprint density at radius 2 is 2.27 bits per heavy atom. The summed E-state index contributed by atoms with van der Waals surface area (Å²) in [6, 6.07) is 6.54. The Balaban J connectivity index is 0.00000144. The van der Waals surface area contributed by atoms with Crippen LogP contribution >= 0.6 is 12.4 Å². The van der Waals surface area contributed by atoms with Crippen molar-refractivity contribution in [3.63, 3.8) is 0 Å². The van der Waals surface area contributed by atoms with E-state index in [4.69, 9.17) is 0 Å².